The molecule has 54 heteroatoms. The standard InChI is InChI=1S/C95H122N24O27S3/c1-49-43-147-46-69(122)114-24-30-117(31-25-114)92-111-93-113-94(112-92)119-34-28-116(29-35-119)71(124)48-149-45-67-88(142)104-62(39-57(91(145)146)75(89(143)108-67)109-86(140)61(38-54-16-11-15-53-14-9-10-17-56(53)54)103-80(134)58(22-23-72(125)126)99-84(138)63(40-68(96)121)100-79(133)50(2)98-78(49)132)83(137)105-64(41-73(127)128)85(139)102-59(36-51-12-7-6-8-13-51)81(135)101-60(37-52-18-20-55(120)21-19-52)82(136)106-65(42-74(129)130)87(141)110-76(95(3,4)5)90(144)107-66(77(97)131)44-148-47-70(123)115-26-32-118(93)33-27-115/h6-21,49-50,57-67,75-76,120H,22-48H2,1-5H3,(H2,96,121)(H2,97,131)(H,98,132)(H,99,138)(H,100,133)(H,101,135)(H,102,139)(H,103,134)(H,104,142)(H,105,137)(H,106,136)(H,107,144)(H,108,143)(H,109,140)(H,110,141)(H,125,126)(H,127,128)(H,129,130)(H,145,146)/t49-,50+,57?,58-,59-,60-,61-,62-,63-,64-,65-,66-,67-,75+,76+/m0/s1. The first-order valence-corrected chi connectivity index (χ1v) is 51.5. The van der Waals surface area contributed by atoms with Crippen molar-refractivity contribution in [3.63, 3.8) is 0 Å². The number of phenolic OH excluding ortho intramolecular Hbond substituents is 1. The summed E-state index contributed by atoms with van der Waals surface area (Å²) < 4.78 is 0. The van der Waals surface area contributed by atoms with E-state index in [2.05, 4.69) is 69.1 Å². The number of aromatic nitrogens is 3. The molecule has 10 aliphatic rings. The number of amides is 18. The second-order valence-electron chi connectivity index (χ2n) is 37.7. The van der Waals surface area contributed by atoms with Crippen molar-refractivity contribution in [2.24, 2.45) is 28.7 Å². The number of nitrogens with zero attached hydrogens (tertiary/aromatic N) is 9. The molecule has 15 rings (SSSR count). The van der Waals surface area contributed by atoms with Gasteiger partial charge in [-0.1, -0.05) is 113 Å². The molecule has 11 heterocycles. The first-order chi connectivity index (χ1) is 70.7. The summed E-state index contributed by atoms with van der Waals surface area (Å²) >= 11 is 2.81. The zero-order chi connectivity index (χ0) is 108. The molecule has 0 radical (unpaired) electrons. The van der Waals surface area contributed by atoms with Crippen LogP contribution in [-0.4, -0.2) is 377 Å². The molecule has 51 nitrogen and oxygen atoms in total. The number of rotatable bonds is 17. The van der Waals surface area contributed by atoms with E-state index in [4.69, 9.17) is 26.4 Å². The van der Waals surface area contributed by atoms with Crippen LogP contribution in [0.5, 0.6) is 5.75 Å². The van der Waals surface area contributed by atoms with Crippen molar-refractivity contribution in [1.29, 1.82) is 0 Å². The molecular formula is C95H122N24O27S3. The maximum Gasteiger partial charge on any atom is 0.309 e. The lowest BCUT2D eigenvalue weighted by Gasteiger charge is -2.38. The zero-order valence-corrected chi connectivity index (χ0v) is 84.6. The van der Waals surface area contributed by atoms with Crippen LogP contribution >= 0.6 is 35.3 Å². The van der Waals surface area contributed by atoms with Crippen LogP contribution in [0.3, 0.4) is 0 Å². The fourth-order valence-corrected chi connectivity index (χ4v) is 20.0. The smallest absolute Gasteiger partial charge is 0.309 e. The molecule has 5 aromatic rings. The summed E-state index contributed by atoms with van der Waals surface area (Å²) in [7, 11) is 0. The number of phenols is 1. The van der Waals surface area contributed by atoms with E-state index in [0.29, 0.717) is 10.8 Å². The van der Waals surface area contributed by atoms with Crippen molar-refractivity contribution in [1.82, 2.24) is 98.8 Å². The summed E-state index contributed by atoms with van der Waals surface area (Å²) in [5, 5.41) is 85.2. The number of hydrogen-bond acceptors (Lipinski definition) is 32. The van der Waals surface area contributed by atoms with E-state index >= 15 is 38.4 Å². The molecule has 1 aromatic heterocycles. The third kappa shape index (κ3) is 32.9. The molecule has 12 bridgehead atoms. The Hall–Kier alpha value is -15.3. The van der Waals surface area contributed by atoms with Crippen LogP contribution in [-0.2, 0) is 125 Å². The van der Waals surface area contributed by atoms with Crippen molar-refractivity contribution in [2.75, 3.05) is 128 Å². The highest BCUT2D eigenvalue weighted by molar-refractivity contribution is 8.00. The Bertz CT molecular complexity index is 5840. The highest BCUT2D eigenvalue weighted by Gasteiger charge is 2.47. The van der Waals surface area contributed by atoms with Gasteiger partial charge in [0, 0.05) is 127 Å². The molecule has 18 amide bonds. The number of carbonyl (C=O) groups is 22. The second kappa shape index (κ2) is 52.9. The van der Waals surface area contributed by atoms with Gasteiger partial charge in [-0.15, -0.1) is 23.5 Å². The number of primary amides is 2. The van der Waals surface area contributed by atoms with E-state index in [-0.39, 0.29) is 148 Å². The summed E-state index contributed by atoms with van der Waals surface area (Å²) in [6.45, 7) is 8.72. The number of fused-ring (bicyclic) bond motifs is 3. The molecule has 0 spiro atoms. The SMILES string of the molecule is C[C@H]1CSCC(=O)N2CCN(CC2)c2nc3nc(n2)N2CCN(CC2)C(=O)CSC[C@@H]2NC(=O)[C@H](NC(=O)[C@H](Cc4cccc5ccccc45)NC(=O)[C@H](CCC(=O)O)NC(=O)[C@H](CC(N)=O)NC(=O)[C@@H](C)NC1=O)C(C(=O)O)C[C@H](NC2=O)C(=O)N[C@@H](CC(=O)O)C(=O)N[C@@H](Cc1ccccc1)C(=O)N[C@@H](Cc1ccc(O)cc1)C(=O)N[C@@H](CC(=O)O)C(=O)N[C@@H](C(C)(C)C)C(=O)N[C@H](C(N)=O)CSCC(=O)N1CCN3CC1. The number of aromatic hydroxyl groups is 1. The van der Waals surface area contributed by atoms with Gasteiger partial charge in [-0.05, 0) is 64.8 Å². The molecule has 802 valence electrons. The van der Waals surface area contributed by atoms with E-state index in [1.54, 1.807) is 57.2 Å². The number of carbonyl (C=O) groups excluding carboxylic acids is 18. The van der Waals surface area contributed by atoms with Crippen LogP contribution < -0.4 is 95.3 Å². The van der Waals surface area contributed by atoms with Crippen LogP contribution in [0.2, 0.25) is 0 Å². The Kier molecular flexibility index (Phi) is 40.5. The first kappa shape index (κ1) is 114. The summed E-state index contributed by atoms with van der Waals surface area (Å²) in [5.41, 5.74) is 10.9. The van der Waals surface area contributed by atoms with Crippen molar-refractivity contribution < 1.29 is 131 Å². The molecule has 4 saturated heterocycles. The van der Waals surface area contributed by atoms with E-state index in [1.807, 2.05) is 9.80 Å². The summed E-state index contributed by atoms with van der Waals surface area (Å²) in [4.78, 5) is 341. The van der Waals surface area contributed by atoms with Gasteiger partial charge in [0.05, 0.1) is 42.4 Å². The monoisotopic (exact) mass is 2130 g/mol. The Morgan fingerprint density at radius 1 is 0.383 bits per heavy atom. The van der Waals surface area contributed by atoms with Gasteiger partial charge in [-0.3, -0.25) is 105 Å². The van der Waals surface area contributed by atoms with Gasteiger partial charge < -0.3 is 136 Å². The predicted octanol–water partition coefficient (Wildman–Crippen LogP) is -6.08. The lowest BCUT2D eigenvalue weighted by molar-refractivity contribution is -0.147. The minimum absolute atomic E-state index is 0.0152. The minimum Gasteiger partial charge on any atom is -0.508 e. The molecular weight excluding hydrogens is 2010 g/mol. The third-order valence-electron chi connectivity index (χ3n) is 25.5. The maximum absolute atomic E-state index is 15.8. The number of hydrogen-bond donors (Lipinski definition) is 20. The number of piperazine rings is 3. The molecule has 15 atom stereocenters. The topological polar surface area (TPSA) is 743 Å². The molecule has 4 fully saturated rings. The predicted molar refractivity (Wildman–Crippen MR) is 537 cm³/mol. The molecule has 149 heavy (non-hydrogen) atoms. The minimum atomic E-state index is -2.49. The third-order valence-corrected chi connectivity index (χ3v) is 28.7. The van der Waals surface area contributed by atoms with Gasteiger partial charge in [0.15, 0.2) is 0 Å². The van der Waals surface area contributed by atoms with Gasteiger partial charge in [-0.2, -0.15) is 26.7 Å². The Balaban J connectivity index is 1.000. The molecule has 0 aliphatic carbocycles. The van der Waals surface area contributed by atoms with E-state index in [0.717, 1.165) is 35.3 Å². The normalized spacial score (nSPS) is 25.4. The second-order valence-corrected chi connectivity index (χ2v) is 40.8. The van der Waals surface area contributed by atoms with Crippen molar-refractivity contribution >= 4 is 194 Å². The first-order valence-electron chi connectivity index (χ1n) is 48.0. The summed E-state index contributed by atoms with van der Waals surface area (Å²) in [5.74, 6) is -31.9. The fourth-order valence-electron chi connectivity index (χ4n) is 17.1. The van der Waals surface area contributed by atoms with Gasteiger partial charge in [0.2, 0.25) is 124 Å². The molecule has 4 aromatic carbocycles. The number of carboxylic acid groups (broad SMARTS) is 4. The van der Waals surface area contributed by atoms with Crippen LogP contribution in [0.25, 0.3) is 10.8 Å². The number of carboxylic acids is 4. The average molecular weight is 2130 g/mol. The average Bonchev–Trinajstić information content (AvgIpc) is 0.907. The number of thioether (sulfide) groups is 3. The van der Waals surface area contributed by atoms with Crippen LogP contribution in [0.1, 0.15) is 89.8 Å². The largest absolute Gasteiger partial charge is 0.508 e. The van der Waals surface area contributed by atoms with Gasteiger partial charge >= 0.3 is 23.9 Å². The summed E-state index contributed by atoms with van der Waals surface area (Å²) in [6, 6.07) is -1.83. The Morgan fingerprint density at radius 3 is 1.29 bits per heavy atom. The van der Waals surface area contributed by atoms with Crippen molar-refractivity contribution in [3.8, 4) is 5.75 Å². The fraction of sp³-hybridized carbons (Fsp3) is 0.505. The molecule has 22 N–H and O–H groups in total. The highest BCUT2D eigenvalue weighted by Crippen LogP contribution is 2.29. The highest BCUT2D eigenvalue weighted by atomic mass is 32.2. The Labute approximate surface area is 866 Å². The lowest BCUT2D eigenvalue weighted by Crippen LogP contribution is -2.62. The zero-order valence-electron chi connectivity index (χ0n) is 82.1. The maximum atomic E-state index is 15.8. The number of aliphatic carboxylic acids is 4. The van der Waals surface area contributed by atoms with E-state index in [1.165, 1.54) is 94.1 Å². The van der Waals surface area contributed by atoms with Gasteiger partial charge in [0.25, 0.3) is 0 Å². The number of nitrogens with one attached hydrogen (secondary N) is 13. The number of anilines is 3. The van der Waals surface area contributed by atoms with E-state index < -0.39 is 289 Å². The lowest BCUT2D eigenvalue weighted by atomic mass is 9.85. The van der Waals surface area contributed by atoms with Gasteiger partial charge in [0.1, 0.15) is 84.3 Å². The Morgan fingerprint density at radius 2 is 0.792 bits per heavy atom. The van der Waals surface area contributed by atoms with Crippen molar-refractivity contribution in [3.05, 3.63) is 114 Å². The van der Waals surface area contributed by atoms with E-state index in [9.17, 15) is 92.7 Å². The van der Waals surface area contributed by atoms with Crippen molar-refractivity contribution in [2.45, 2.75) is 171 Å². The summed E-state index contributed by atoms with van der Waals surface area (Å²) in [6.07, 6.45) is -8.24. The molecule has 1 unspecified atom stereocenters. The van der Waals surface area contributed by atoms with Crippen LogP contribution in [0, 0.1) is 17.3 Å². The van der Waals surface area contributed by atoms with Crippen LogP contribution in [0.15, 0.2) is 97.1 Å². The molecule has 10 aliphatic heterocycles. The van der Waals surface area contributed by atoms with Crippen LogP contribution in [0.4, 0.5) is 17.8 Å². The van der Waals surface area contributed by atoms with Gasteiger partial charge in [-0.25, -0.2) is 0 Å². The molecule has 0 saturated carbocycles. The number of nitrogens with two attached hydrogens (primary N) is 2. The quantitative estimate of drug-likeness (QED) is 0.0412. The number of benzene rings is 4.